The molecule has 1 rings (SSSR count). The van der Waals surface area contributed by atoms with Crippen LogP contribution in [0.25, 0.3) is 0 Å². The Hall–Kier alpha value is -1.62. The van der Waals surface area contributed by atoms with Gasteiger partial charge in [-0.25, -0.2) is 0 Å². The highest BCUT2D eigenvalue weighted by molar-refractivity contribution is 5.66. The van der Waals surface area contributed by atoms with Crippen molar-refractivity contribution in [3.05, 3.63) is 23.0 Å². The van der Waals surface area contributed by atoms with E-state index in [-0.39, 0.29) is 12.0 Å². The molecule has 5 heteroatoms. The molecule has 0 bridgehead atoms. The molecule has 0 saturated carbocycles. The van der Waals surface area contributed by atoms with E-state index in [1.54, 1.807) is 13.3 Å². The van der Waals surface area contributed by atoms with Crippen LogP contribution in [-0.2, 0) is 11.3 Å². The van der Waals surface area contributed by atoms with Gasteiger partial charge in [-0.1, -0.05) is 0 Å². The van der Waals surface area contributed by atoms with Crippen LogP contribution in [0.15, 0.2) is 6.20 Å². The lowest BCUT2D eigenvalue weighted by atomic mass is 10.0. The van der Waals surface area contributed by atoms with Crippen molar-refractivity contribution in [3.8, 4) is 5.75 Å². The first kappa shape index (κ1) is 17.4. The van der Waals surface area contributed by atoms with E-state index in [9.17, 15) is 4.79 Å². The number of nitrogens with zero attached hydrogens (tertiary/aromatic N) is 2. The molecule has 5 nitrogen and oxygen atoms in total. The molecular weight excluding hydrogens is 268 g/mol. The van der Waals surface area contributed by atoms with Gasteiger partial charge in [0.05, 0.1) is 19.2 Å². The van der Waals surface area contributed by atoms with Crippen molar-refractivity contribution < 1.29 is 14.6 Å². The number of rotatable bonds is 6. The molecule has 0 unspecified atom stereocenters. The molecule has 1 heterocycles. The molecule has 0 aliphatic heterocycles. The Morgan fingerprint density at radius 3 is 2.48 bits per heavy atom. The van der Waals surface area contributed by atoms with Crippen molar-refractivity contribution in [3.63, 3.8) is 0 Å². The zero-order valence-electron chi connectivity index (χ0n) is 13.9. The zero-order valence-corrected chi connectivity index (χ0v) is 13.9. The number of pyridine rings is 1. The normalized spacial score (nSPS) is 11.8. The molecule has 1 N–H and O–H groups in total. The molecule has 1 aromatic heterocycles. The first-order valence-electron chi connectivity index (χ1n) is 7.12. The van der Waals surface area contributed by atoms with Crippen LogP contribution in [0.4, 0.5) is 0 Å². The number of methoxy groups -OCH3 is 1. The topological polar surface area (TPSA) is 62.7 Å². The van der Waals surface area contributed by atoms with Crippen LogP contribution in [-0.4, -0.2) is 40.2 Å². The van der Waals surface area contributed by atoms with Gasteiger partial charge in [0.25, 0.3) is 0 Å². The maximum absolute atomic E-state index is 10.8. The van der Waals surface area contributed by atoms with Crippen LogP contribution in [0.1, 0.15) is 44.0 Å². The van der Waals surface area contributed by atoms with Gasteiger partial charge in [-0.2, -0.15) is 0 Å². The van der Waals surface area contributed by atoms with Gasteiger partial charge in [-0.05, 0) is 34.6 Å². The predicted molar refractivity (Wildman–Crippen MR) is 82.7 cm³/mol. The van der Waals surface area contributed by atoms with Crippen molar-refractivity contribution >= 4 is 5.97 Å². The number of carboxylic acids is 1. The van der Waals surface area contributed by atoms with Gasteiger partial charge in [0.15, 0.2) is 0 Å². The lowest BCUT2D eigenvalue weighted by Crippen LogP contribution is -2.42. The van der Waals surface area contributed by atoms with Crippen molar-refractivity contribution in [2.24, 2.45) is 0 Å². The van der Waals surface area contributed by atoms with E-state index in [0.717, 1.165) is 22.6 Å². The summed E-state index contributed by atoms with van der Waals surface area (Å²) in [5, 5.41) is 8.91. The zero-order chi connectivity index (χ0) is 16.2. The summed E-state index contributed by atoms with van der Waals surface area (Å²) in [4.78, 5) is 17.5. The Bertz CT molecular complexity index is 507. The smallest absolute Gasteiger partial charge is 0.304 e. The quantitative estimate of drug-likeness (QED) is 0.874. The molecular formula is C16H26N2O3. The molecule has 0 amide bonds. The van der Waals surface area contributed by atoms with Crippen LogP contribution < -0.4 is 4.74 Å². The van der Waals surface area contributed by atoms with E-state index < -0.39 is 5.97 Å². The van der Waals surface area contributed by atoms with E-state index in [0.29, 0.717) is 13.1 Å². The highest BCUT2D eigenvalue weighted by Gasteiger charge is 2.23. The molecule has 0 saturated heterocycles. The van der Waals surface area contributed by atoms with Crippen LogP contribution in [0.2, 0.25) is 0 Å². The Kier molecular flexibility index (Phi) is 5.72. The predicted octanol–water partition coefficient (Wildman–Crippen LogP) is 2.78. The van der Waals surface area contributed by atoms with Crippen molar-refractivity contribution in [1.82, 2.24) is 9.88 Å². The molecule has 1 aromatic rings. The van der Waals surface area contributed by atoms with E-state index in [2.05, 4.69) is 30.7 Å². The van der Waals surface area contributed by atoms with Crippen molar-refractivity contribution in [2.75, 3.05) is 13.7 Å². The SMILES string of the molecule is COc1c(C)cnc(CN(CCC(=O)O)C(C)(C)C)c1C. The lowest BCUT2D eigenvalue weighted by Gasteiger charge is -2.35. The van der Waals surface area contributed by atoms with Crippen LogP contribution in [0, 0.1) is 13.8 Å². The Morgan fingerprint density at radius 2 is 2.00 bits per heavy atom. The fourth-order valence-electron chi connectivity index (χ4n) is 2.29. The third-order valence-electron chi connectivity index (χ3n) is 3.63. The summed E-state index contributed by atoms with van der Waals surface area (Å²) < 4.78 is 5.43. The van der Waals surface area contributed by atoms with E-state index in [1.807, 2.05) is 13.8 Å². The highest BCUT2D eigenvalue weighted by Crippen LogP contribution is 2.26. The minimum absolute atomic E-state index is 0.123. The molecule has 0 aliphatic rings. The van der Waals surface area contributed by atoms with Gasteiger partial charge < -0.3 is 9.84 Å². The molecule has 0 aliphatic carbocycles. The first-order chi connectivity index (χ1) is 9.66. The number of aliphatic carboxylic acids is 1. The van der Waals surface area contributed by atoms with Gasteiger partial charge in [0.2, 0.25) is 0 Å². The summed E-state index contributed by atoms with van der Waals surface area (Å²) in [6, 6.07) is 0. The largest absolute Gasteiger partial charge is 0.496 e. The third kappa shape index (κ3) is 4.70. The molecule has 0 fully saturated rings. The summed E-state index contributed by atoms with van der Waals surface area (Å²) in [6.07, 6.45) is 1.93. The van der Waals surface area contributed by atoms with E-state index in [1.165, 1.54) is 0 Å². The number of hydrogen-bond acceptors (Lipinski definition) is 4. The minimum atomic E-state index is -0.782. The van der Waals surface area contributed by atoms with Gasteiger partial charge in [0, 0.05) is 36.0 Å². The third-order valence-corrected chi connectivity index (χ3v) is 3.63. The lowest BCUT2D eigenvalue weighted by molar-refractivity contribution is -0.137. The number of carbonyl (C=O) groups is 1. The number of carboxylic acid groups (broad SMARTS) is 1. The van der Waals surface area contributed by atoms with Gasteiger partial charge in [-0.15, -0.1) is 0 Å². The number of ether oxygens (including phenoxy) is 1. The van der Waals surface area contributed by atoms with Crippen LogP contribution >= 0.6 is 0 Å². The highest BCUT2D eigenvalue weighted by atomic mass is 16.5. The average molecular weight is 294 g/mol. The number of hydrogen-bond donors (Lipinski definition) is 1. The first-order valence-corrected chi connectivity index (χ1v) is 7.12. The summed E-state index contributed by atoms with van der Waals surface area (Å²) in [5.41, 5.74) is 2.83. The van der Waals surface area contributed by atoms with Crippen LogP contribution in [0.5, 0.6) is 5.75 Å². The Balaban J connectivity index is 3.01. The molecule has 0 radical (unpaired) electrons. The average Bonchev–Trinajstić information content (AvgIpc) is 2.35. The summed E-state index contributed by atoms with van der Waals surface area (Å²) in [7, 11) is 1.66. The standard InChI is InChI=1S/C16H26N2O3/c1-11-9-17-13(12(2)15(11)21-6)10-18(16(3,4)5)8-7-14(19)20/h9H,7-8,10H2,1-6H3,(H,19,20). The Labute approximate surface area is 126 Å². The number of aromatic nitrogens is 1. The van der Waals surface area contributed by atoms with Gasteiger partial charge in [-0.3, -0.25) is 14.7 Å². The van der Waals surface area contributed by atoms with Crippen LogP contribution in [0.3, 0.4) is 0 Å². The molecule has 0 atom stereocenters. The van der Waals surface area contributed by atoms with Gasteiger partial charge in [0.1, 0.15) is 5.75 Å². The van der Waals surface area contributed by atoms with Crippen molar-refractivity contribution in [1.29, 1.82) is 0 Å². The molecule has 0 aromatic carbocycles. The second-order valence-electron chi connectivity index (χ2n) is 6.28. The summed E-state index contributed by atoms with van der Waals surface area (Å²) in [6.45, 7) is 11.3. The maximum Gasteiger partial charge on any atom is 0.304 e. The van der Waals surface area contributed by atoms with Crippen molar-refractivity contribution in [2.45, 2.75) is 53.1 Å². The minimum Gasteiger partial charge on any atom is -0.496 e. The van der Waals surface area contributed by atoms with E-state index >= 15 is 0 Å². The van der Waals surface area contributed by atoms with Gasteiger partial charge >= 0.3 is 5.97 Å². The fraction of sp³-hybridized carbons (Fsp3) is 0.625. The molecule has 21 heavy (non-hydrogen) atoms. The molecule has 0 spiro atoms. The molecule has 118 valence electrons. The summed E-state index contributed by atoms with van der Waals surface area (Å²) >= 11 is 0. The summed E-state index contributed by atoms with van der Waals surface area (Å²) in [5.74, 6) is 0.0718. The second kappa shape index (κ2) is 6.89. The fourth-order valence-corrected chi connectivity index (χ4v) is 2.29. The monoisotopic (exact) mass is 294 g/mol. The van der Waals surface area contributed by atoms with E-state index in [4.69, 9.17) is 9.84 Å². The second-order valence-corrected chi connectivity index (χ2v) is 6.28. The maximum atomic E-state index is 10.8. The number of aryl methyl sites for hydroxylation is 1. The Morgan fingerprint density at radius 1 is 1.38 bits per heavy atom.